The third-order valence-corrected chi connectivity index (χ3v) is 1.98. The predicted molar refractivity (Wildman–Crippen MR) is 63.7 cm³/mol. The van der Waals surface area contributed by atoms with E-state index in [2.05, 4.69) is 9.47 Å². The minimum Gasteiger partial charge on any atom is -0.484 e. The van der Waals surface area contributed by atoms with Gasteiger partial charge in [0, 0.05) is 0 Å². The Morgan fingerprint density at radius 1 is 1.00 bits per heavy atom. The highest BCUT2D eigenvalue weighted by atomic mass is 35.5. The fourth-order valence-electron chi connectivity index (χ4n) is 1.22. The average molecular weight is 355 g/mol. The van der Waals surface area contributed by atoms with Crippen molar-refractivity contribution in [1.29, 1.82) is 0 Å². The Kier molecular flexibility index (Phi) is 6.81. The first-order chi connectivity index (χ1) is 9.48. The molecule has 1 aromatic carbocycles. The van der Waals surface area contributed by atoms with Gasteiger partial charge in [-0.2, -0.15) is 26.3 Å². The number of rotatable bonds is 5. The molecule has 11 heteroatoms. The van der Waals surface area contributed by atoms with E-state index < -0.39 is 48.6 Å². The number of alkyl halides is 6. The maximum Gasteiger partial charge on any atom is 0.422 e. The summed E-state index contributed by atoms with van der Waals surface area (Å²) in [7, 11) is 0. The first kappa shape index (κ1) is 20.2. The molecule has 4 nitrogen and oxygen atoms in total. The molecule has 0 aromatic heterocycles. The summed E-state index contributed by atoms with van der Waals surface area (Å²) >= 11 is 0. The van der Waals surface area contributed by atoms with Gasteiger partial charge in [0.1, 0.15) is 17.1 Å². The molecular weight excluding hydrogens is 346 g/mol. The number of benzene rings is 1. The third-order valence-electron chi connectivity index (χ3n) is 1.98. The monoisotopic (exact) mass is 354 g/mol. The Labute approximate surface area is 126 Å². The van der Waals surface area contributed by atoms with Crippen molar-refractivity contribution in [3.05, 3.63) is 23.8 Å². The number of halogens is 7. The molecule has 0 heterocycles. The molecule has 0 radical (unpaired) electrons. The van der Waals surface area contributed by atoms with Crippen LogP contribution in [0.4, 0.5) is 26.3 Å². The first-order valence-corrected chi connectivity index (χ1v) is 5.24. The Morgan fingerprint density at radius 2 is 1.50 bits per heavy atom. The second-order valence-electron chi connectivity index (χ2n) is 3.77. The largest absolute Gasteiger partial charge is 0.484 e. The fraction of sp³-hybridized carbons (Fsp3) is 0.364. The molecule has 0 bridgehead atoms. The smallest absolute Gasteiger partial charge is 0.422 e. The van der Waals surface area contributed by atoms with E-state index in [9.17, 15) is 31.1 Å². The van der Waals surface area contributed by atoms with E-state index in [1.165, 1.54) is 0 Å². The van der Waals surface area contributed by atoms with E-state index in [1.807, 2.05) is 0 Å². The van der Waals surface area contributed by atoms with E-state index in [0.29, 0.717) is 6.07 Å². The van der Waals surface area contributed by atoms with Gasteiger partial charge < -0.3 is 14.6 Å². The Morgan fingerprint density at radius 3 is 1.95 bits per heavy atom. The highest BCUT2D eigenvalue weighted by Gasteiger charge is 2.30. The van der Waals surface area contributed by atoms with E-state index in [1.54, 1.807) is 0 Å². The molecule has 0 aliphatic heterocycles. The summed E-state index contributed by atoms with van der Waals surface area (Å²) in [5, 5.41) is 8.81. The van der Waals surface area contributed by atoms with Crippen LogP contribution in [0.5, 0.6) is 11.5 Å². The molecule has 0 fully saturated rings. The van der Waals surface area contributed by atoms with E-state index in [4.69, 9.17) is 5.11 Å². The Bertz CT molecular complexity index is 514. The van der Waals surface area contributed by atoms with Crippen LogP contribution in [0.25, 0.3) is 0 Å². The lowest BCUT2D eigenvalue weighted by molar-refractivity contribution is -0.154. The van der Waals surface area contributed by atoms with Crippen molar-refractivity contribution in [2.24, 2.45) is 0 Å². The highest BCUT2D eigenvalue weighted by molar-refractivity contribution is 5.91. The number of ether oxygens (including phenoxy) is 2. The number of hydrogen-bond donors (Lipinski definition) is 1. The molecule has 0 saturated carbocycles. The van der Waals surface area contributed by atoms with Crippen LogP contribution in [-0.2, 0) is 0 Å². The van der Waals surface area contributed by atoms with E-state index in [0.717, 1.165) is 12.1 Å². The topological polar surface area (TPSA) is 55.8 Å². The molecule has 0 spiro atoms. The van der Waals surface area contributed by atoms with Crippen molar-refractivity contribution in [2.45, 2.75) is 12.4 Å². The first-order valence-electron chi connectivity index (χ1n) is 5.24. The second kappa shape index (κ2) is 7.43. The fourth-order valence-corrected chi connectivity index (χ4v) is 1.22. The second-order valence-corrected chi connectivity index (χ2v) is 3.77. The van der Waals surface area contributed by atoms with Crippen LogP contribution < -0.4 is 9.47 Å². The average Bonchev–Trinajstić information content (AvgIpc) is 2.32. The molecule has 22 heavy (non-hydrogen) atoms. The third kappa shape index (κ3) is 7.25. The van der Waals surface area contributed by atoms with Gasteiger partial charge in [-0.25, -0.2) is 4.79 Å². The predicted octanol–water partition coefficient (Wildman–Crippen LogP) is 3.69. The molecular formula is C11H9ClF6O4. The molecule has 1 N–H and O–H groups in total. The van der Waals surface area contributed by atoms with Crippen molar-refractivity contribution in [2.75, 3.05) is 13.2 Å². The van der Waals surface area contributed by atoms with Gasteiger partial charge in [0.15, 0.2) is 13.2 Å². The lowest BCUT2D eigenvalue weighted by Gasteiger charge is -2.13. The van der Waals surface area contributed by atoms with Crippen LogP contribution in [0.15, 0.2) is 18.2 Å². The molecule has 0 aliphatic carbocycles. The summed E-state index contributed by atoms with van der Waals surface area (Å²) in [6, 6.07) is 2.32. The Balaban J connectivity index is 0.00000441. The van der Waals surface area contributed by atoms with Gasteiger partial charge in [-0.05, 0) is 18.2 Å². The molecule has 1 rings (SSSR count). The standard InChI is InChI=1S/C11H8F6O4.ClH/c12-10(13,14)4-20-6-1-2-8(7(3-6)9(18)19)21-5-11(15,16)17;/h1-3H,4-5H2,(H,18,19);1H. The lowest BCUT2D eigenvalue weighted by atomic mass is 10.2. The summed E-state index contributed by atoms with van der Waals surface area (Å²) in [5.74, 6) is -2.74. The van der Waals surface area contributed by atoms with Crippen molar-refractivity contribution < 1.29 is 45.7 Å². The van der Waals surface area contributed by atoms with Gasteiger partial charge in [-0.1, -0.05) is 0 Å². The number of aromatic carboxylic acids is 1. The Hall–Kier alpha value is -1.84. The maximum absolute atomic E-state index is 12.0. The highest BCUT2D eigenvalue weighted by Crippen LogP contribution is 2.27. The van der Waals surface area contributed by atoms with Crippen LogP contribution >= 0.6 is 12.4 Å². The minimum absolute atomic E-state index is 0. The van der Waals surface area contributed by atoms with Gasteiger partial charge >= 0.3 is 18.3 Å². The normalized spacial score (nSPS) is 11.5. The molecule has 1 aromatic rings. The van der Waals surface area contributed by atoms with Crippen molar-refractivity contribution in [1.82, 2.24) is 0 Å². The van der Waals surface area contributed by atoms with Gasteiger partial charge in [0.25, 0.3) is 0 Å². The minimum atomic E-state index is -4.68. The molecule has 0 amide bonds. The van der Waals surface area contributed by atoms with Crippen LogP contribution in [0.2, 0.25) is 0 Å². The summed E-state index contributed by atoms with van der Waals surface area (Å²) in [5.41, 5.74) is -0.737. The van der Waals surface area contributed by atoms with Crippen LogP contribution in [0.3, 0.4) is 0 Å². The SMILES string of the molecule is Cl.O=C(O)c1cc(OCC(F)(F)F)ccc1OCC(F)(F)F. The van der Waals surface area contributed by atoms with Gasteiger partial charge in [-0.15, -0.1) is 12.4 Å². The molecule has 0 saturated heterocycles. The summed E-state index contributed by atoms with van der Waals surface area (Å²) in [6.07, 6.45) is -9.31. The zero-order chi connectivity index (χ0) is 16.3. The van der Waals surface area contributed by atoms with E-state index in [-0.39, 0.29) is 12.4 Å². The van der Waals surface area contributed by atoms with Crippen molar-refractivity contribution in [3.63, 3.8) is 0 Å². The summed E-state index contributed by atoms with van der Waals surface area (Å²) in [4.78, 5) is 10.9. The number of carboxylic acids is 1. The molecule has 0 atom stereocenters. The van der Waals surface area contributed by atoms with Crippen molar-refractivity contribution in [3.8, 4) is 11.5 Å². The van der Waals surface area contributed by atoms with Gasteiger partial charge in [0.2, 0.25) is 0 Å². The molecule has 126 valence electrons. The van der Waals surface area contributed by atoms with Crippen LogP contribution in [0.1, 0.15) is 10.4 Å². The van der Waals surface area contributed by atoms with E-state index >= 15 is 0 Å². The van der Waals surface area contributed by atoms with Gasteiger partial charge in [-0.3, -0.25) is 0 Å². The molecule has 0 unspecified atom stereocenters. The zero-order valence-electron chi connectivity index (χ0n) is 10.5. The quantitative estimate of drug-likeness (QED) is 0.819. The molecule has 0 aliphatic rings. The van der Waals surface area contributed by atoms with Crippen molar-refractivity contribution >= 4 is 18.4 Å². The van der Waals surface area contributed by atoms with Gasteiger partial charge in [0.05, 0.1) is 0 Å². The summed E-state index contributed by atoms with van der Waals surface area (Å²) < 4.78 is 80.3. The zero-order valence-corrected chi connectivity index (χ0v) is 11.3. The van der Waals surface area contributed by atoms with Crippen LogP contribution in [-0.4, -0.2) is 36.6 Å². The number of hydrogen-bond acceptors (Lipinski definition) is 3. The summed E-state index contributed by atoms with van der Waals surface area (Å²) in [6.45, 7) is -3.38. The number of carbonyl (C=O) groups is 1. The van der Waals surface area contributed by atoms with Crippen LogP contribution in [0, 0.1) is 0 Å². The maximum atomic E-state index is 12.0. The lowest BCUT2D eigenvalue weighted by Crippen LogP contribution is -2.21. The number of carboxylic acid groups (broad SMARTS) is 1.